The molecule has 2 N–H and O–H groups in total. The molecule has 0 fully saturated rings. The van der Waals surface area contributed by atoms with Crippen molar-refractivity contribution in [3.05, 3.63) is 12.1 Å². The second-order valence-corrected chi connectivity index (χ2v) is 4.03. The maximum atomic E-state index is 5.82. The minimum absolute atomic E-state index is 0.512. The molecule has 0 atom stereocenters. The molecule has 5 nitrogen and oxygen atoms in total. The fraction of sp³-hybridized carbons (Fsp3) is 0.615. The number of nitrogens with two attached hydrogens (primary N) is 1. The third-order valence-corrected chi connectivity index (χ3v) is 2.48. The maximum absolute atomic E-state index is 5.82. The molecule has 0 saturated heterocycles. The Morgan fingerprint density at radius 2 is 2.06 bits per heavy atom. The molecule has 1 aromatic heterocycles. The number of anilines is 2. The normalized spacial score (nSPS) is 10.4. The van der Waals surface area contributed by atoms with Crippen LogP contribution in [0.25, 0.3) is 0 Å². The number of nitrogen functional groups attached to an aromatic ring is 1. The summed E-state index contributed by atoms with van der Waals surface area (Å²) in [5.41, 5.74) is 6.40. The molecule has 1 rings (SSSR count). The molecule has 0 aliphatic carbocycles. The number of ether oxygens (including phenoxy) is 2. The summed E-state index contributed by atoms with van der Waals surface area (Å²) in [6.07, 6.45) is 0.936. The fourth-order valence-corrected chi connectivity index (χ4v) is 1.43. The van der Waals surface area contributed by atoms with E-state index in [1.807, 2.05) is 37.9 Å². The molecule has 0 amide bonds. The Hall–Kier alpha value is -1.49. The first kappa shape index (κ1) is 14.6. The van der Waals surface area contributed by atoms with Crippen LogP contribution in [-0.4, -0.2) is 38.4 Å². The molecular formula is C13H23N3O2. The lowest BCUT2D eigenvalue weighted by Crippen LogP contribution is -2.23. The third kappa shape index (κ3) is 4.41. The largest absolute Gasteiger partial charge is 0.476 e. The van der Waals surface area contributed by atoms with Crippen molar-refractivity contribution in [2.45, 2.75) is 20.3 Å². The van der Waals surface area contributed by atoms with Gasteiger partial charge in [-0.3, -0.25) is 0 Å². The first-order valence-corrected chi connectivity index (χ1v) is 6.37. The summed E-state index contributed by atoms with van der Waals surface area (Å²) in [5, 5.41) is 0. The lowest BCUT2D eigenvalue weighted by atomic mass is 10.3. The first-order chi connectivity index (χ1) is 8.69. The van der Waals surface area contributed by atoms with Crippen molar-refractivity contribution < 1.29 is 9.47 Å². The van der Waals surface area contributed by atoms with E-state index < -0.39 is 0 Å². The van der Waals surface area contributed by atoms with Gasteiger partial charge in [0.25, 0.3) is 0 Å². The van der Waals surface area contributed by atoms with Crippen LogP contribution in [0.1, 0.15) is 20.3 Å². The van der Waals surface area contributed by atoms with Crippen LogP contribution in [0.15, 0.2) is 12.1 Å². The molecule has 0 radical (unpaired) electrons. The van der Waals surface area contributed by atoms with Gasteiger partial charge in [0.2, 0.25) is 5.88 Å². The molecular weight excluding hydrogens is 230 g/mol. The summed E-state index contributed by atoms with van der Waals surface area (Å²) in [6.45, 7) is 6.87. The van der Waals surface area contributed by atoms with Crippen molar-refractivity contribution in [1.82, 2.24) is 4.98 Å². The summed E-state index contributed by atoms with van der Waals surface area (Å²) >= 11 is 0. The standard InChI is InChI=1S/C13H23N3O2/c1-4-9-18-13-11(14)6-7-12(15-13)16(3)8-10-17-5-2/h6-7H,4-5,8-10,14H2,1-3H3. The summed E-state index contributed by atoms with van der Waals surface area (Å²) < 4.78 is 10.8. The van der Waals surface area contributed by atoms with E-state index in [9.17, 15) is 0 Å². The Morgan fingerprint density at radius 3 is 2.72 bits per heavy atom. The molecule has 0 aliphatic heterocycles. The molecule has 0 unspecified atom stereocenters. The summed E-state index contributed by atoms with van der Waals surface area (Å²) in [7, 11) is 1.97. The molecule has 0 saturated carbocycles. The van der Waals surface area contributed by atoms with Crippen molar-refractivity contribution in [3.63, 3.8) is 0 Å². The van der Waals surface area contributed by atoms with Crippen LogP contribution in [0, 0.1) is 0 Å². The van der Waals surface area contributed by atoms with E-state index in [1.54, 1.807) is 0 Å². The Kier molecular flexibility index (Phi) is 6.28. The van der Waals surface area contributed by atoms with Gasteiger partial charge in [-0.25, -0.2) is 0 Å². The highest BCUT2D eigenvalue weighted by Gasteiger charge is 2.07. The van der Waals surface area contributed by atoms with Crippen LogP contribution in [-0.2, 0) is 4.74 Å². The Morgan fingerprint density at radius 1 is 1.28 bits per heavy atom. The van der Waals surface area contributed by atoms with Gasteiger partial charge in [-0.2, -0.15) is 4.98 Å². The van der Waals surface area contributed by atoms with Crippen LogP contribution in [0.5, 0.6) is 5.88 Å². The highest BCUT2D eigenvalue weighted by atomic mass is 16.5. The fourth-order valence-electron chi connectivity index (χ4n) is 1.43. The second-order valence-electron chi connectivity index (χ2n) is 4.03. The first-order valence-electron chi connectivity index (χ1n) is 6.37. The summed E-state index contributed by atoms with van der Waals surface area (Å²) in [5.74, 6) is 1.35. The van der Waals surface area contributed by atoms with Gasteiger partial charge in [0.15, 0.2) is 0 Å². The molecule has 5 heteroatoms. The minimum Gasteiger partial charge on any atom is -0.476 e. The van der Waals surface area contributed by atoms with E-state index in [-0.39, 0.29) is 0 Å². The number of aromatic nitrogens is 1. The van der Waals surface area contributed by atoms with Crippen LogP contribution in [0.4, 0.5) is 11.5 Å². The van der Waals surface area contributed by atoms with Gasteiger partial charge in [0.05, 0.1) is 18.9 Å². The lowest BCUT2D eigenvalue weighted by molar-refractivity contribution is 0.154. The average Bonchev–Trinajstić information content (AvgIpc) is 2.38. The SMILES string of the molecule is CCCOc1nc(N(C)CCOCC)ccc1N. The molecule has 1 aromatic rings. The molecule has 0 bridgehead atoms. The van der Waals surface area contributed by atoms with E-state index in [1.165, 1.54) is 0 Å². The quantitative estimate of drug-likeness (QED) is 0.717. The monoisotopic (exact) mass is 253 g/mol. The smallest absolute Gasteiger partial charge is 0.239 e. The predicted octanol–water partition coefficient (Wildman–Crippen LogP) is 1.93. The van der Waals surface area contributed by atoms with Crippen LogP contribution in [0.3, 0.4) is 0 Å². The number of rotatable bonds is 8. The number of hydrogen-bond acceptors (Lipinski definition) is 5. The molecule has 0 spiro atoms. The Bertz CT molecular complexity index is 358. The minimum atomic E-state index is 0.512. The average molecular weight is 253 g/mol. The van der Waals surface area contributed by atoms with Crippen LogP contribution < -0.4 is 15.4 Å². The Labute approximate surface area is 109 Å². The van der Waals surface area contributed by atoms with Gasteiger partial charge in [0, 0.05) is 20.2 Å². The highest BCUT2D eigenvalue weighted by Crippen LogP contribution is 2.22. The van der Waals surface area contributed by atoms with Gasteiger partial charge in [0.1, 0.15) is 5.82 Å². The topological polar surface area (TPSA) is 60.6 Å². The van der Waals surface area contributed by atoms with Crippen molar-refractivity contribution in [3.8, 4) is 5.88 Å². The number of pyridine rings is 1. The summed E-state index contributed by atoms with van der Waals surface area (Å²) in [6, 6.07) is 3.71. The van der Waals surface area contributed by atoms with E-state index in [0.717, 1.165) is 25.4 Å². The molecule has 18 heavy (non-hydrogen) atoms. The van der Waals surface area contributed by atoms with Gasteiger partial charge in [-0.15, -0.1) is 0 Å². The van der Waals surface area contributed by atoms with Gasteiger partial charge in [-0.05, 0) is 25.5 Å². The maximum Gasteiger partial charge on any atom is 0.239 e. The van der Waals surface area contributed by atoms with E-state index in [0.29, 0.717) is 24.8 Å². The van der Waals surface area contributed by atoms with Crippen LogP contribution in [0.2, 0.25) is 0 Å². The molecule has 102 valence electrons. The van der Waals surface area contributed by atoms with Crippen molar-refractivity contribution >= 4 is 11.5 Å². The zero-order valence-corrected chi connectivity index (χ0v) is 11.5. The van der Waals surface area contributed by atoms with Gasteiger partial charge >= 0.3 is 0 Å². The molecule has 1 heterocycles. The van der Waals surface area contributed by atoms with Crippen molar-refractivity contribution in [1.29, 1.82) is 0 Å². The van der Waals surface area contributed by atoms with E-state index >= 15 is 0 Å². The molecule has 0 aromatic carbocycles. The number of nitrogens with zero attached hydrogens (tertiary/aromatic N) is 2. The Balaban J connectivity index is 2.64. The van der Waals surface area contributed by atoms with E-state index in [4.69, 9.17) is 15.2 Å². The second kappa shape index (κ2) is 7.76. The number of likely N-dealkylation sites (N-methyl/N-ethyl adjacent to an activating group) is 1. The number of hydrogen-bond donors (Lipinski definition) is 1. The van der Waals surface area contributed by atoms with Gasteiger partial charge in [-0.1, -0.05) is 6.92 Å². The van der Waals surface area contributed by atoms with Crippen molar-refractivity contribution in [2.24, 2.45) is 0 Å². The highest BCUT2D eigenvalue weighted by molar-refractivity contribution is 5.54. The van der Waals surface area contributed by atoms with Gasteiger partial charge < -0.3 is 20.1 Å². The van der Waals surface area contributed by atoms with E-state index in [2.05, 4.69) is 4.98 Å². The lowest BCUT2D eigenvalue weighted by Gasteiger charge is -2.19. The zero-order valence-electron chi connectivity index (χ0n) is 11.5. The zero-order chi connectivity index (χ0) is 13.4. The molecule has 0 aliphatic rings. The summed E-state index contributed by atoms with van der Waals surface area (Å²) in [4.78, 5) is 6.43. The third-order valence-electron chi connectivity index (χ3n) is 2.48. The predicted molar refractivity (Wildman–Crippen MR) is 74.2 cm³/mol. The van der Waals surface area contributed by atoms with Crippen molar-refractivity contribution in [2.75, 3.05) is 44.0 Å². The van der Waals surface area contributed by atoms with Crippen LogP contribution >= 0.6 is 0 Å².